The Morgan fingerprint density at radius 3 is 2.74 bits per heavy atom. The lowest BCUT2D eigenvalue weighted by Gasteiger charge is -2.09. The molecule has 0 saturated heterocycles. The quantitative estimate of drug-likeness (QED) is 0.607. The normalized spacial score (nSPS) is 10.3. The molecular weight excluding hydrogens is 335 g/mol. The van der Waals surface area contributed by atoms with Crippen molar-refractivity contribution in [2.75, 3.05) is 0 Å². The zero-order valence-corrected chi connectivity index (χ0v) is 12.1. The molecule has 0 amide bonds. The smallest absolute Gasteiger partial charge is 0.288 e. The topological polar surface area (TPSA) is 65.3 Å². The van der Waals surface area contributed by atoms with Gasteiger partial charge in [-0.1, -0.05) is 11.6 Å². The molecule has 1 aromatic carbocycles. The maximum atomic E-state index is 10.8. The Labute approximate surface area is 122 Å². The van der Waals surface area contributed by atoms with Crippen molar-refractivity contribution in [2.24, 2.45) is 0 Å². The number of halogens is 2. The van der Waals surface area contributed by atoms with Crippen molar-refractivity contribution in [1.29, 1.82) is 0 Å². The Morgan fingerprint density at radius 2 is 2.11 bits per heavy atom. The third-order valence-electron chi connectivity index (χ3n) is 2.35. The second kappa shape index (κ2) is 5.54. The van der Waals surface area contributed by atoms with Gasteiger partial charge in [0.25, 0.3) is 5.69 Å². The van der Waals surface area contributed by atoms with Crippen LogP contribution in [0.15, 0.2) is 35.1 Å². The molecule has 5 nitrogen and oxygen atoms in total. The minimum atomic E-state index is -0.528. The van der Waals surface area contributed by atoms with Crippen LogP contribution < -0.4 is 4.74 Å². The average Bonchev–Trinajstić information content (AvgIpc) is 2.33. The Kier molecular flexibility index (Phi) is 4.01. The van der Waals surface area contributed by atoms with Crippen LogP contribution in [-0.4, -0.2) is 9.91 Å². The monoisotopic (exact) mass is 342 g/mol. The summed E-state index contributed by atoms with van der Waals surface area (Å²) in [6.07, 6.45) is 3.17. The lowest BCUT2D eigenvalue weighted by Crippen LogP contribution is -1.93. The van der Waals surface area contributed by atoms with Gasteiger partial charge in [-0.2, -0.15) is 0 Å². The number of hydrogen-bond acceptors (Lipinski definition) is 4. The summed E-state index contributed by atoms with van der Waals surface area (Å²) in [7, 11) is 0. The lowest BCUT2D eigenvalue weighted by atomic mass is 10.2. The first-order valence-corrected chi connectivity index (χ1v) is 6.37. The van der Waals surface area contributed by atoms with E-state index in [1.165, 1.54) is 12.1 Å². The SMILES string of the molecule is Cc1cc([N+](=O)[O-])c(Cl)cc1Oc1cncc(Br)c1. The molecule has 1 heterocycles. The molecule has 0 unspecified atom stereocenters. The average molecular weight is 344 g/mol. The number of ether oxygens (including phenoxy) is 1. The molecular formula is C12H8BrClN2O3. The highest BCUT2D eigenvalue weighted by molar-refractivity contribution is 9.10. The van der Waals surface area contributed by atoms with E-state index in [0.717, 1.165) is 4.47 Å². The van der Waals surface area contributed by atoms with Crippen molar-refractivity contribution in [3.8, 4) is 11.5 Å². The van der Waals surface area contributed by atoms with Crippen molar-refractivity contribution in [3.63, 3.8) is 0 Å². The van der Waals surface area contributed by atoms with Crippen LogP contribution in [0.5, 0.6) is 11.5 Å². The Balaban J connectivity index is 2.36. The zero-order valence-electron chi connectivity index (χ0n) is 9.76. The molecule has 0 N–H and O–H groups in total. The van der Waals surface area contributed by atoms with Gasteiger partial charge in [0.1, 0.15) is 16.5 Å². The van der Waals surface area contributed by atoms with Crippen LogP contribution in [0.4, 0.5) is 5.69 Å². The van der Waals surface area contributed by atoms with Gasteiger partial charge < -0.3 is 4.74 Å². The van der Waals surface area contributed by atoms with Gasteiger partial charge in [-0.05, 0) is 34.5 Å². The number of hydrogen-bond donors (Lipinski definition) is 0. The predicted octanol–water partition coefficient (Wildman–Crippen LogP) is 4.51. The summed E-state index contributed by atoms with van der Waals surface area (Å²) in [5.41, 5.74) is 0.481. The van der Waals surface area contributed by atoms with Gasteiger partial charge in [0.15, 0.2) is 0 Å². The fourth-order valence-electron chi connectivity index (χ4n) is 1.47. The predicted molar refractivity (Wildman–Crippen MR) is 74.9 cm³/mol. The molecule has 1 aromatic heterocycles. The second-order valence-electron chi connectivity index (χ2n) is 3.77. The van der Waals surface area contributed by atoms with Crippen LogP contribution in [0.3, 0.4) is 0 Å². The van der Waals surface area contributed by atoms with Crippen LogP contribution >= 0.6 is 27.5 Å². The Hall–Kier alpha value is -1.66. The Morgan fingerprint density at radius 1 is 1.37 bits per heavy atom. The summed E-state index contributed by atoms with van der Waals surface area (Å²) in [5.74, 6) is 0.970. The highest BCUT2D eigenvalue weighted by Crippen LogP contribution is 2.34. The fraction of sp³-hybridized carbons (Fsp3) is 0.0833. The molecule has 2 rings (SSSR count). The number of nitrogens with zero attached hydrogens (tertiary/aromatic N) is 2. The van der Waals surface area contributed by atoms with Gasteiger partial charge in [-0.25, -0.2) is 0 Å². The maximum Gasteiger partial charge on any atom is 0.288 e. The molecule has 0 spiro atoms. The van der Waals surface area contributed by atoms with E-state index in [4.69, 9.17) is 16.3 Å². The maximum absolute atomic E-state index is 10.8. The molecule has 0 fully saturated rings. The number of nitro benzene ring substituents is 1. The number of benzene rings is 1. The van der Waals surface area contributed by atoms with Crippen molar-refractivity contribution >= 4 is 33.2 Å². The highest BCUT2D eigenvalue weighted by Gasteiger charge is 2.16. The molecule has 98 valence electrons. The van der Waals surface area contributed by atoms with E-state index in [1.807, 2.05) is 0 Å². The summed E-state index contributed by atoms with van der Waals surface area (Å²) in [6.45, 7) is 1.71. The van der Waals surface area contributed by atoms with Gasteiger partial charge in [0, 0.05) is 22.8 Å². The van der Waals surface area contributed by atoms with E-state index in [9.17, 15) is 10.1 Å². The number of rotatable bonds is 3. The van der Waals surface area contributed by atoms with Crippen LogP contribution in [0, 0.1) is 17.0 Å². The molecule has 0 atom stereocenters. The van der Waals surface area contributed by atoms with Gasteiger partial charge >= 0.3 is 0 Å². The Bertz CT molecular complexity index is 649. The van der Waals surface area contributed by atoms with Crippen LogP contribution in [0.2, 0.25) is 5.02 Å². The van der Waals surface area contributed by atoms with E-state index >= 15 is 0 Å². The summed E-state index contributed by atoms with van der Waals surface area (Å²) in [4.78, 5) is 14.2. The van der Waals surface area contributed by atoms with E-state index in [2.05, 4.69) is 20.9 Å². The first kappa shape index (κ1) is 13.8. The van der Waals surface area contributed by atoms with Crippen molar-refractivity contribution in [2.45, 2.75) is 6.92 Å². The van der Waals surface area contributed by atoms with Crippen LogP contribution in [0.25, 0.3) is 0 Å². The molecule has 0 aliphatic rings. The summed E-state index contributed by atoms with van der Waals surface area (Å²) in [6, 6.07) is 4.54. The number of pyridine rings is 1. The zero-order chi connectivity index (χ0) is 14.0. The summed E-state index contributed by atoms with van der Waals surface area (Å²) < 4.78 is 6.38. The van der Waals surface area contributed by atoms with Gasteiger partial charge in [0.05, 0.1) is 11.1 Å². The minimum absolute atomic E-state index is 0.0357. The molecule has 7 heteroatoms. The van der Waals surface area contributed by atoms with Gasteiger partial charge in [0.2, 0.25) is 0 Å². The highest BCUT2D eigenvalue weighted by atomic mass is 79.9. The second-order valence-corrected chi connectivity index (χ2v) is 5.09. The van der Waals surface area contributed by atoms with Crippen molar-refractivity contribution in [3.05, 3.63) is 55.8 Å². The van der Waals surface area contributed by atoms with E-state index in [-0.39, 0.29) is 10.7 Å². The third-order valence-corrected chi connectivity index (χ3v) is 3.09. The summed E-state index contributed by atoms with van der Waals surface area (Å²) in [5, 5.41) is 10.8. The molecule has 0 bridgehead atoms. The number of aromatic nitrogens is 1. The molecule has 0 aliphatic carbocycles. The minimum Gasteiger partial charge on any atom is -0.455 e. The molecule has 19 heavy (non-hydrogen) atoms. The van der Waals surface area contributed by atoms with Crippen LogP contribution in [-0.2, 0) is 0 Å². The van der Waals surface area contributed by atoms with Crippen molar-refractivity contribution in [1.82, 2.24) is 4.98 Å². The fourth-order valence-corrected chi connectivity index (χ4v) is 2.04. The molecule has 0 radical (unpaired) electrons. The number of aryl methyl sites for hydroxylation is 1. The molecule has 2 aromatic rings. The number of nitro groups is 1. The summed E-state index contributed by atoms with van der Waals surface area (Å²) >= 11 is 9.13. The standard InChI is InChI=1S/C12H8BrClN2O3/c1-7-2-11(16(17)18)10(14)4-12(7)19-9-3-8(13)5-15-6-9/h2-6H,1H3. The third kappa shape index (κ3) is 3.21. The van der Waals surface area contributed by atoms with Gasteiger partial charge in [-0.3, -0.25) is 15.1 Å². The van der Waals surface area contributed by atoms with E-state index in [1.54, 1.807) is 25.4 Å². The van der Waals surface area contributed by atoms with E-state index in [0.29, 0.717) is 17.1 Å². The molecule has 0 aliphatic heterocycles. The lowest BCUT2D eigenvalue weighted by molar-refractivity contribution is -0.384. The van der Waals surface area contributed by atoms with Crippen molar-refractivity contribution < 1.29 is 9.66 Å². The molecule has 0 saturated carbocycles. The first-order chi connectivity index (χ1) is 8.97. The van der Waals surface area contributed by atoms with Gasteiger partial charge in [-0.15, -0.1) is 0 Å². The first-order valence-electron chi connectivity index (χ1n) is 5.20. The van der Waals surface area contributed by atoms with E-state index < -0.39 is 4.92 Å². The van der Waals surface area contributed by atoms with Crippen LogP contribution in [0.1, 0.15) is 5.56 Å². The largest absolute Gasteiger partial charge is 0.455 e.